The van der Waals surface area contributed by atoms with Crippen molar-refractivity contribution in [2.24, 2.45) is 5.73 Å². The summed E-state index contributed by atoms with van der Waals surface area (Å²) in [5.41, 5.74) is 7.79. The van der Waals surface area contributed by atoms with Crippen LogP contribution < -0.4 is 11.1 Å². The minimum Gasteiger partial charge on any atom is -0.330 e. The Morgan fingerprint density at radius 3 is 2.58 bits per heavy atom. The number of nitrogens with zero attached hydrogens (tertiary/aromatic N) is 1. The molecule has 0 aliphatic heterocycles. The minimum absolute atomic E-state index is 0. The largest absolute Gasteiger partial charge is 0.330 e. The van der Waals surface area contributed by atoms with E-state index in [4.69, 9.17) is 28.9 Å². The second-order valence-electron chi connectivity index (χ2n) is 5.02. The molecule has 0 bridgehead atoms. The number of H-pyrrole nitrogens is 1. The predicted octanol–water partition coefficient (Wildman–Crippen LogP) is 4.25. The van der Waals surface area contributed by atoms with Gasteiger partial charge in [0.2, 0.25) is 5.91 Å². The number of aromatic amines is 1. The predicted molar refractivity (Wildman–Crippen MR) is 101 cm³/mol. The number of aromatic nitrogens is 2. The molecule has 4 N–H and O–H groups in total. The van der Waals surface area contributed by atoms with Gasteiger partial charge in [-0.15, -0.1) is 12.4 Å². The standard InChI is InChI=1S/C16H14Cl2N4O.ClH/c17-11-2-1-3-12(18)15(11)9-4-5-13-10(8-9)16(22-21-13)20-14(23)6-7-19;/h1-5,8H,6-7,19H2,(H2,20,21,22,23);1H. The van der Waals surface area contributed by atoms with E-state index in [1.807, 2.05) is 18.2 Å². The Morgan fingerprint density at radius 2 is 1.92 bits per heavy atom. The third-order valence-corrected chi connectivity index (χ3v) is 4.07. The normalized spacial score (nSPS) is 10.5. The maximum Gasteiger partial charge on any atom is 0.226 e. The summed E-state index contributed by atoms with van der Waals surface area (Å²) in [4.78, 5) is 11.7. The molecule has 5 nitrogen and oxygen atoms in total. The third-order valence-electron chi connectivity index (χ3n) is 3.44. The summed E-state index contributed by atoms with van der Waals surface area (Å²) in [7, 11) is 0. The molecule has 126 valence electrons. The minimum atomic E-state index is -0.179. The van der Waals surface area contributed by atoms with Crippen molar-refractivity contribution >= 4 is 58.2 Å². The first kappa shape index (κ1) is 18.5. The molecule has 1 aromatic heterocycles. The number of hydrogen-bond acceptors (Lipinski definition) is 3. The Balaban J connectivity index is 0.00000208. The number of nitrogens with two attached hydrogens (primary N) is 1. The fraction of sp³-hybridized carbons (Fsp3) is 0.125. The van der Waals surface area contributed by atoms with Gasteiger partial charge in [-0.2, -0.15) is 5.10 Å². The van der Waals surface area contributed by atoms with Gasteiger partial charge in [-0.25, -0.2) is 0 Å². The molecule has 0 aliphatic carbocycles. The van der Waals surface area contributed by atoms with Crippen LogP contribution >= 0.6 is 35.6 Å². The van der Waals surface area contributed by atoms with E-state index in [9.17, 15) is 4.79 Å². The van der Waals surface area contributed by atoms with Crippen LogP contribution in [0.5, 0.6) is 0 Å². The number of rotatable bonds is 4. The molecule has 0 atom stereocenters. The smallest absolute Gasteiger partial charge is 0.226 e. The summed E-state index contributed by atoms with van der Waals surface area (Å²) >= 11 is 12.5. The van der Waals surface area contributed by atoms with Crippen LogP contribution in [0.4, 0.5) is 5.82 Å². The topological polar surface area (TPSA) is 83.8 Å². The summed E-state index contributed by atoms with van der Waals surface area (Å²) in [6, 6.07) is 11.0. The Kier molecular flexibility index (Phi) is 6.07. The van der Waals surface area contributed by atoms with Crippen molar-refractivity contribution in [1.29, 1.82) is 0 Å². The highest BCUT2D eigenvalue weighted by atomic mass is 35.5. The van der Waals surface area contributed by atoms with E-state index in [1.165, 1.54) is 0 Å². The molecule has 24 heavy (non-hydrogen) atoms. The highest BCUT2D eigenvalue weighted by Gasteiger charge is 2.13. The van der Waals surface area contributed by atoms with Crippen molar-refractivity contribution in [3.63, 3.8) is 0 Å². The van der Waals surface area contributed by atoms with Gasteiger partial charge in [0.15, 0.2) is 5.82 Å². The zero-order valence-electron chi connectivity index (χ0n) is 12.5. The van der Waals surface area contributed by atoms with Crippen LogP contribution in [0.3, 0.4) is 0 Å². The zero-order valence-corrected chi connectivity index (χ0v) is 14.8. The Labute approximate surface area is 154 Å². The molecule has 0 unspecified atom stereocenters. The van der Waals surface area contributed by atoms with Crippen LogP contribution in [0.25, 0.3) is 22.0 Å². The van der Waals surface area contributed by atoms with Gasteiger partial charge < -0.3 is 11.1 Å². The van der Waals surface area contributed by atoms with Crippen LogP contribution in [0.15, 0.2) is 36.4 Å². The average Bonchev–Trinajstić information content (AvgIpc) is 2.90. The number of benzene rings is 2. The lowest BCUT2D eigenvalue weighted by Crippen LogP contribution is -2.16. The molecule has 3 aromatic rings. The second-order valence-corrected chi connectivity index (χ2v) is 5.83. The molecule has 0 spiro atoms. The number of carbonyl (C=O) groups is 1. The maximum absolute atomic E-state index is 11.7. The van der Waals surface area contributed by atoms with E-state index in [0.29, 0.717) is 15.9 Å². The van der Waals surface area contributed by atoms with Gasteiger partial charge in [0.1, 0.15) is 0 Å². The molecule has 0 saturated carbocycles. The summed E-state index contributed by atoms with van der Waals surface area (Å²) < 4.78 is 0. The SMILES string of the molecule is Cl.NCCC(=O)Nc1n[nH]c2ccc(-c3c(Cl)cccc3Cl)cc12. The van der Waals surface area contributed by atoms with Crippen molar-refractivity contribution in [1.82, 2.24) is 10.2 Å². The highest BCUT2D eigenvalue weighted by molar-refractivity contribution is 6.39. The van der Waals surface area contributed by atoms with E-state index in [2.05, 4.69) is 15.5 Å². The molecule has 3 rings (SSSR count). The first-order valence-corrected chi connectivity index (χ1v) is 7.78. The monoisotopic (exact) mass is 384 g/mol. The molecule has 0 saturated heterocycles. The highest BCUT2D eigenvalue weighted by Crippen LogP contribution is 2.36. The van der Waals surface area contributed by atoms with Crippen LogP contribution in [0.1, 0.15) is 6.42 Å². The van der Waals surface area contributed by atoms with Crippen LogP contribution in [-0.4, -0.2) is 22.6 Å². The fourth-order valence-electron chi connectivity index (χ4n) is 2.36. The molecule has 0 fully saturated rings. The first-order chi connectivity index (χ1) is 11.1. The molecule has 0 aliphatic rings. The molecule has 0 radical (unpaired) electrons. The van der Waals surface area contributed by atoms with Crippen LogP contribution in [0, 0.1) is 0 Å². The molecule has 1 amide bonds. The molecule has 8 heteroatoms. The van der Waals surface area contributed by atoms with Crippen LogP contribution in [-0.2, 0) is 4.79 Å². The number of nitrogens with one attached hydrogen (secondary N) is 2. The number of anilines is 1. The Hall–Kier alpha value is -1.79. The summed E-state index contributed by atoms with van der Waals surface area (Å²) in [5.74, 6) is 0.283. The average molecular weight is 386 g/mol. The van der Waals surface area contributed by atoms with E-state index in [0.717, 1.165) is 22.0 Å². The Bertz CT molecular complexity index is 859. The van der Waals surface area contributed by atoms with E-state index in [-0.39, 0.29) is 31.3 Å². The number of carbonyl (C=O) groups excluding carboxylic acids is 1. The first-order valence-electron chi connectivity index (χ1n) is 7.02. The van der Waals surface area contributed by atoms with Gasteiger partial charge in [0.25, 0.3) is 0 Å². The lowest BCUT2D eigenvalue weighted by molar-refractivity contribution is -0.116. The van der Waals surface area contributed by atoms with Crippen molar-refractivity contribution in [2.45, 2.75) is 6.42 Å². The molecule has 2 aromatic carbocycles. The quantitative estimate of drug-likeness (QED) is 0.628. The summed E-state index contributed by atoms with van der Waals surface area (Å²) in [5, 5.41) is 11.7. The van der Waals surface area contributed by atoms with Gasteiger partial charge in [0.05, 0.1) is 5.52 Å². The lowest BCUT2D eigenvalue weighted by atomic mass is 10.0. The molecule has 1 heterocycles. The number of hydrogen-bond donors (Lipinski definition) is 3. The van der Waals surface area contributed by atoms with Crippen molar-refractivity contribution in [2.75, 3.05) is 11.9 Å². The van der Waals surface area contributed by atoms with Gasteiger partial charge in [-0.3, -0.25) is 9.89 Å². The van der Waals surface area contributed by atoms with Crippen LogP contribution in [0.2, 0.25) is 10.0 Å². The Morgan fingerprint density at radius 1 is 1.21 bits per heavy atom. The number of amides is 1. The van der Waals surface area contributed by atoms with Gasteiger partial charge in [-0.05, 0) is 29.8 Å². The third kappa shape index (κ3) is 3.65. The van der Waals surface area contributed by atoms with E-state index in [1.54, 1.807) is 18.2 Å². The van der Waals surface area contributed by atoms with Crippen molar-refractivity contribution < 1.29 is 4.79 Å². The summed E-state index contributed by atoms with van der Waals surface area (Å²) in [6.45, 7) is 0.286. The van der Waals surface area contributed by atoms with E-state index < -0.39 is 0 Å². The lowest BCUT2D eigenvalue weighted by Gasteiger charge is -2.08. The number of halogens is 3. The zero-order chi connectivity index (χ0) is 16.4. The number of fused-ring (bicyclic) bond motifs is 1. The van der Waals surface area contributed by atoms with Gasteiger partial charge >= 0.3 is 0 Å². The summed E-state index contributed by atoms with van der Waals surface area (Å²) in [6.07, 6.45) is 0.240. The van der Waals surface area contributed by atoms with Gasteiger partial charge in [-0.1, -0.05) is 35.3 Å². The van der Waals surface area contributed by atoms with Gasteiger partial charge in [0, 0.05) is 34.0 Å². The molecular weight excluding hydrogens is 371 g/mol. The van der Waals surface area contributed by atoms with Crippen molar-refractivity contribution in [3.8, 4) is 11.1 Å². The maximum atomic E-state index is 11.7. The van der Waals surface area contributed by atoms with Crippen molar-refractivity contribution in [3.05, 3.63) is 46.4 Å². The second kappa shape index (κ2) is 7.85. The molecular formula is C16H15Cl3N4O. The van der Waals surface area contributed by atoms with E-state index >= 15 is 0 Å². The fourth-order valence-corrected chi connectivity index (χ4v) is 2.98.